The maximum atomic E-state index is 5.84. The quantitative estimate of drug-likeness (QED) is 0.933. The fourth-order valence-electron chi connectivity index (χ4n) is 2.83. The van der Waals surface area contributed by atoms with E-state index in [9.17, 15) is 0 Å². The number of hydrogen-bond donors (Lipinski definition) is 1. The van der Waals surface area contributed by atoms with E-state index in [1.54, 1.807) is 0 Å². The van der Waals surface area contributed by atoms with Crippen molar-refractivity contribution in [3.63, 3.8) is 0 Å². The van der Waals surface area contributed by atoms with Gasteiger partial charge in [0, 0.05) is 31.7 Å². The highest BCUT2D eigenvalue weighted by Gasteiger charge is 2.15. The molecule has 3 nitrogen and oxygen atoms in total. The molecular weight excluding hydrogens is 260 g/mol. The van der Waals surface area contributed by atoms with E-state index in [4.69, 9.17) is 4.74 Å². The third-order valence-corrected chi connectivity index (χ3v) is 3.91. The first kappa shape index (κ1) is 14.1. The molecule has 0 radical (unpaired) electrons. The summed E-state index contributed by atoms with van der Waals surface area (Å²) in [4.78, 5) is 2.46. The Morgan fingerprint density at radius 1 is 1.05 bits per heavy atom. The lowest BCUT2D eigenvalue weighted by atomic mass is 10.1. The number of ether oxygens (including phenoxy) is 1. The topological polar surface area (TPSA) is 24.5 Å². The Balaban J connectivity index is 1.76. The SMILES string of the molecule is CNCc1ccccc1CN1CCOc2ccccc2C1. The lowest BCUT2D eigenvalue weighted by Gasteiger charge is -2.21. The van der Waals surface area contributed by atoms with Gasteiger partial charge < -0.3 is 10.1 Å². The number of nitrogens with one attached hydrogen (secondary N) is 1. The maximum Gasteiger partial charge on any atom is 0.123 e. The van der Waals surface area contributed by atoms with Crippen LogP contribution >= 0.6 is 0 Å². The summed E-state index contributed by atoms with van der Waals surface area (Å²) in [7, 11) is 1.99. The van der Waals surface area contributed by atoms with Crippen molar-refractivity contribution >= 4 is 0 Å². The molecule has 1 aliphatic rings. The summed E-state index contributed by atoms with van der Waals surface area (Å²) in [5, 5.41) is 3.25. The second-order valence-electron chi connectivity index (χ2n) is 5.47. The number of rotatable bonds is 4. The third-order valence-electron chi connectivity index (χ3n) is 3.91. The van der Waals surface area contributed by atoms with Gasteiger partial charge in [-0.2, -0.15) is 0 Å². The minimum Gasteiger partial charge on any atom is -0.492 e. The van der Waals surface area contributed by atoms with Crippen LogP contribution in [-0.4, -0.2) is 25.1 Å². The lowest BCUT2D eigenvalue weighted by molar-refractivity contribution is 0.219. The van der Waals surface area contributed by atoms with E-state index in [-0.39, 0.29) is 0 Å². The number of hydrogen-bond acceptors (Lipinski definition) is 3. The van der Waals surface area contributed by atoms with E-state index in [2.05, 4.69) is 52.7 Å². The molecule has 0 amide bonds. The van der Waals surface area contributed by atoms with Crippen molar-refractivity contribution in [2.24, 2.45) is 0 Å². The molecule has 0 spiro atoms. The van der Waals surface area contributed by atoms with Crippen LogP contribution in [0.15, 0.2) is 48.5 Å². The van der Waals surface area contributed by atoms with Crippen molar-refractivity contribution in [1.29, 1.82) is 0 Å². The van der Waals surface area contributed by atoms with Gasteiger partial charge >= 0.3 is 0 Å². The van der Waals surface area contributed by atoms with Crippen LogP contribution < -0.4 is 10.1 Å². The largest absolute Gasteiger partial charge is 0.492 e. The van der Waals surface area contributed by atoms with Crippen LogP contribution in [0.5, 0.6) is 5.75 Å². The first-order valence-electron chi connectivity index (χ1n) is 7.51. The molecule has 110 valence electrons. The Morgan fingerprint density at radius 3 is 2.67 bits per heavy atom. The Kier molecular flexibility index (Phi) is 4.53. The number of nitrogens with zero attached hydrogens (tertiary/aromatic N) is 1. The summed E-state index contributed by atoms with van der Waals surface area (Å²) >= 11 is 0. The molecule has 0 aromatic heterocycles. The molecule has 3 heteroatoms. The smallest absolute Gasteiger partial charge is 0.123 e. The van der Waals surface area contributed by atoms with Gasteiger partial charge in [-0.05, 0) is 24.2 Å². The molecular formula is C18H22N2O. The summed E-state index contributed by atoms with van der Waals surface area (Å²) in [6, 6.07) is 17.0. The Morgan fingerprint density at radius 2 is 1.81 bits per heavy atom. The van der Waals surface area contributed by atoms with Gasteiger partial charge in [0.1, 0.15) is 12.4 Å². The molecule has 2 aromatic rings. The zero-order valence-corrected chi connectivity index (χ0v) is 12.5. The molecule has 0 saturated carbocycles. The van der Waals surface area contributed by atoms with Crippen LogP contribution in [0, 0.1) is 0 Å². The van der Waals surface area contributed by atoms with Crippen LogP contribution in [0.1, 0.15) is 16.7 Å². The average molecular weight is 282 g/mol. The zero-order chi connectivity index (χ0) is 14.5. The molecule has 0 bridgehead atoms. The molecule has 0 saturated heterocycles. The molecule has 0 aliphatic carbocycles. The maximum absolute atomic E-state index is 5.84. The molecule has 0 atom stereocenters. The highest BCUT2D eigenvalue weighted by molar-refractivity contribution is 5.34. The van der Waals surface area contributed by atoms with Crippen molar-refractivity contribution in [1.82, 2.24) is 10.2 Å². The van der Waals surface area contributed by atoms with Gasteiger partial charge in [-0.3, -0.25) is 4.90 Å². The van der Waals surface area contributed by atoms with Gasteiger partial charge in [-0.15, -0.1) is 0 Å². The second kappa shape index (κ2) is 6.74. The van der Waals surface area contributed by atoms with E-state index >= 15 is 0 Å². The average Bonchev–Trinajstić information content (AvgIpc) is 2.71. The number of benzene rings is 2. The predicted octanol–water partition coefficient (Wildman–Crippen LogP) is 2.80. The zero-order valence-electron chi connectivity index (χ0n) is 12.5. The van der Waals surface area contributed by atoms with E-state index in [0.717, 1.165) is 38.5 Å². The van der Waals surface area contributed by atoms with Crippen LogP contribution in [0.25, 0.3) is 0 Å². The van der Waals surface area contributed by atoms with Crippen molar-refractivity contribution in [3.8, 4) is 5.75 Å². The van der Waals surface area contributed by atoms with Crippen LogP contribution in [0.2, 0.25) is 0 Å². The summed E-state index contributed by atoms with van der Waals surface area (Å²) in [5.74, 6) is 1.03. The van der Waals surface area contributed by atoms with Crippen molar-refractivity contribution in [2.75, 3.05) is 20.2 Å². The normalized spacial score (nSPS) is 15.1. The molecule has 1 aliphatic heterocycles. The van der Waals surface area contributed by atoms with Gasteiger partial charge in [-0.1, -0.05) is 42.5 Å². The van der Waals surface area contributed by atoms with Crippen LogP contribution in [0.4, 0.5) is 0 Å². The number of fused-ring (bicyclic) bond motifs is 1. The molecule has 1 N–H and O–H groups in total. The van der Waals surface area contributed by atoms with Crippen molar-refractivity contribution < 1.29 is 4.74 Å². The summed E-state index contributed by atoms with van der Waals surface area (Å²) < 4.78 is 5.84. The fourth-order valence-corrected chi connectivity index (χ4v) is 2.83. The van der Waals surface area contributed by atoms with Gasteiger partial charge in [0.15, 0.2) is 0 Å². The molecule has 3 rings (SSSR count). The number of para-hydroxylation sites is 1. The van der Waals surface area contributed by atoms with Gasteiger partial charge in [0.25, 0.3) is 0 Å². The fraction of sp³-hybridized carbons (Fsp3) is 0.333. The van der Waals surface area contributed by atoms with Gasteiger partial charge in [0.05, 0.1) is 0 Å². The van der Waals surface area contributed by atoms with E-state index in [1.807, 2.05) is 13.1 Å². The van der Waals surface area contributed by atoms with Crippen LogP contribution in [0.3, 0.4) is 0 Å². The second-order valence-corrected chi connectivity index (χ2v) is 5.47. The minimum atomic E-state index is 0.755. The Bertz CT molecular complexity index is 597. The highest BCUT2D eigenvalue weighted by atomic mass is 16.5. The summed E-state index contributed by atoms with van der Waals surface area (Å²) in [5.41, 5.74) is 4.05. The predicted molar refractivity (Wildman–Crippen MR) is 85.3 cm³/mol. The van der Waals surface area contributed by atoms with Crippen LogP contribution in [-0.2, 0) is 19.6 Å². The lowest BCUT2D eigenvalue weighted by Crippen LogP contribution is -2.26. The van der Waals surface area contributed by atoms with E-state index in [1.165, 1.54) is 16.7 Å². The van der Waals surface area contributed by atoms with E-state index < -0.39 is 0 Å². The third kappa shape index (κ3) is 3.43. The Labute approximate surface area is 126 Å². The van der Waals surface area contributed by atoms with Crippen molar-refractivity contribution in [3.05, 3.63) is 65.2 Å². The standard InChI is InChI=1S/C18H22N2O/c1-19-12-15-6-2-3-7-16(15)13-20-10-11-21-18-9-5-4-8-17(18)14-20/h2-9,19H,10-14H2,1H3. The van der Waals surface area contributed by atoms with Gasteiger partial charge in [-0.25, -0.2) is 0 Å². The molecule has 21 heavy (non-hydrogen) atoms. The molecule has 1 heterocycles. The monoisotopic (exact) mass is 282 g/mol. The highest BCUT2D eigenvalue weighted by Crippen LogP contribution is 2.23. The molecule has 0 unspecified atom stereocenters. The Hall–Kier alpha value is -1.84. The van der Waals surface area contributed by atoms with Crippen molar-refractivity contribution in [2.45, 2.75) is 19.6 Å². The minimum absolute atomic E-state index is 0.755. The molecule has 0 fully saturated rings. The summed E-state index contributed by atoms with van der Waals surface area (Å²) in [6.45, 7) is 4.55. The molecule has 2 aromatic carbocycles. The van der Waals surface area contributed by atoms with E-state index in [0.29, 0.717) is 0 Å². The first-order valence-corrected chi connectivity index (χ1v) is 7.51. The first-order chi connectivity index (χ1) is 10.4. The summed E-state index contributed by atoms with van der Waals surface area (Å²) in [6.07, 6.45) is 0. The van der Waals surface area contributed by atoms with Gasteiger partial charge in [0.2, 0.25) is 0 Å².